The Balaban J connectivity index is 0.000000152. The predicted molar refractivity (Wildman–Crippen MR) is 546 cm³/mol. The molecule has 0 radical (unpaired) electrons. The molecular formula is C120H207BrO8. The molecule has 9 heteroatoms. The van der Waals surface area contributed by atoms with E-state index in [1.54, 1.807) is 22.3 Å². The van der Waals surface area contributed by atoms with Crippen molar-refractivity contribution in [2.45, 2.75) is 511 Å². The lowest BCUT2D eigenvalue weighted by Crippen LogP contribution is -2.52. The summed E-state index contributed by atoms with van der Waals surface area (Å²) in [5, 5.41) is 78.3. The first kappa shape index (κ1) is 107. The molecule has 0 bridgehead atoms. The zero-order valence-electron chi connectivity index (χ0n) is 89.2. The third-order valence-electron chi connectivity index (χ3n) is 44.9. The monoisotopic (exact) mass is 1860 g/mol. The standard InChI is InChI=1S/3C30H52O2.C24H38O2.C6H13Br/c3*1-8-30(32)18-17-28(6)21(19-30)9-10-22-24-12-11-23(29(24,7)16-13-25(22)28)20(2)26(31)14-15-27(3,4)5;1-5-24(26)13-12-22(3)17(14-24)6-7-18-20-9-8-19(16(2)15-25)23(20,4)11-10-21(18)22;1-6(2,3)4-5-7/h3*9,20,22-26,31-32H,8,10-19H2,1-7H3;6,15-16,18-21,26H,5,7-14H2,1-4H3;4-5H2,1-3H3/t20-,22-,23+,24-,25-,26+,28-,29+,30-;2*20-,22-,23+,24-,25-,26-,28-,29+,30-;16-,18+,19-,20+,21+,22+,23-,24+;/m0001./s1. The fourth-order valence-corrected chi connectivity index (χ4v) is 36.6. The average Bonchev–Trinajstić information content (AvgIpc) is 1.68. The summed E-state index contributed by atoms with van der Waals surface area (Å²) in [6, 6.07) is 0. The zero-order chi connectivity index (χ0) is 95.2. The second kappa shape index (κ2) is 39.7. The minimum Gasteiger partial charge on any atom is -0.393 e. The van der Waals surface area contributed by atoms with E-state index in [0.717, 1.165) is 198 Å². The van der Waals surface area contributed by atoms with Gasteiger partial charge in [-0.2, -0.15) is 0 Å². The lowest BCUT2D eigenvalue weighted by Gasteiger charge is -2.59. The molecule has 0 heterocycles. The Kier molecular flexibility index (Phi) is 32.9. The van der Waals surface area contributed by atoms with Crippen LogP contribution >= 0.6 is 15.9 Å². The van der Waals surface area contributed by atoms with E-state index >= 15 is 0 Å². The number of aldehydes is 1. The van der Waals surface area contributed by atoms with E-state index in [0.29, 0.717) is 106 Å². The van der Waals surface area contributed by atoms with Crippen LogP contribution in [-0.4, -0.2) is 88.1 Å². The van der Waals surface area contributed by atoms with E-state index < -0.39 is 22.4 Å². The Labute approximate surface area is 803 Å². The predicted octanol–water partition coefficient (Wildman–Crippen LogP) is 30.9. The molecule has 0 aromatic carbocycles. The number of carbonyl (C=O) groups excluding carboxylic acids is 1. The fraction of sp³-hybridized carbons (Fsp3) is 0.925. The molecule has 8 nitrogen and oxygen atoms in total. The van der Waals surface area contributed by atoms with Crippen molar-refractivity contribution in [3.8, 4) is 0 Å². The highest BCUT2D eigenvalue weighted by Crippen LogP contribution is 2.74. The van der Waals surface area contributed by atoms with Gasteiger partial charge in [0.2, 0.25) is 0 Å². The molecule has 12 saturated carbocycles. The van der Waals surface area contributed by atoms with Gasteiger partial charge < -0.3 is 40.5 Å². The molecule has 742 valence electrons. The number of aliphatic hydroxyl groups excluding tert-OH is 3. The van der Waals surface area contributed by atoms with Gasteiger partial charge in [0.1, 0.15) is 6.29 Å². The quantitative estimate of drug-likeness (QED) is 0.0383. The third kappa shape index (κ3) is 21.6. The molecule has 16 aliphatic rings. The van der Waals surface area contributed by atoms with Crippen LogP contribution in [0.1, 0.15) is 470 Å². The molecular weight excluding hydrogens is 1650 g/mol. The van der Waals surface area contributed by atoms with Crippen LogP contribution in [0.25, 0.3) is 0 Å². The SMILES string of the molecule is CC(C)(C)CCBr.CC[C@]1(O)CC[C@@]2(C)C(=CC[C@H]3[C@@H]4CC[C@H]([C@H](C)C=O)[C@@]4(C)CC[C@@H]32)C1.CC[C@]1(O)CC[C@@]2(C)C(=CC[C@H]3[C@@H]4CC[C@H]([C@H](C)[C@@H](O)CCC(C)(C)C)[C@@]4(C)CC[C@@H]32)C1.CC[C@]1(O)CC[C@@]2(C)C(=CC[C@H]3[C@@H]4CC[C@H]([C@H](C)[C@@H](O)CCC(C)(C)C)[C@@]4(C)CC[C@@H]32)C1.CC[C@]1(O)CC[C@@]2(C)C(=CC[C@H]3[C@@H]4CC[C@H]([C@H](C)[C@H](O)CCC(C)(C)C)[C@@]4(C)CC[C@@H]32)C1. The van der Waals surface area contributed by atoms with Gasteiger partial charge in [0.25, 0.3) is 0 Å². The fourth-order valence-electron chi connectivity index (χ4n) is 35.4. The van der Waals surface area contributed by atoms with Gasteiger partial charge in [-0.15, -0.1) is 0 Å². The molecule has 0 aromatic rings. The molecule has 0 unspecified atom stereocenters. The van der Waals surface area contributed by atoms with Crippen molar-refractivity contribution in [1.82, 2.24) is 0 Å². The van der Waals surface area contributed by atoms with Gasteiger partial charge in [0.05, 0.1) is 40.7 Å². The van der Waals surface area contributed by atoms with Crippen molar-refractivity contribution in [1.29, 1.82) is 0 Å². The number of allylic oxidation sites excluding steroid dienone is 4. The summed E-state index contributed by atoms with van der Waals surface area (Å²) in [5.74, 6) is 13.6. The highest BCUT2D eigenvalue weighted by Gasteiger charge is 2.66. The van der Waals surface area contributed by atoms with Gasteiger partial charge in [0, 0.05) is 11.2 Å². The summed E-state index contributed by atoms with van der Waals surface area (Å²) < 4.78 is 0. The molecule has 16 rings (SSSR count). The Morgan fingerprint density at radius 3 is 0.736 bits per heavy atom. The summed E-state index contributed by atoms with van der Waals surface area (Å²) >= 11 is 3.39. The molecule has 0 aliphatic heterocycles. The van der Waals surface area contributed by atoms with Gasteiger partial charge in [-0.05, 0) is 454 Å². The lowest BCUT2D eigenvalue weighted by molar-refractivity contribution is -0.115. The highest BCUT2D eigenvalue weighted by atomic mass is 79.9. The number of hydrogen-bond donors (Lipinski definition) is 7. The van der Waals surface area contributed by atoms with E-state index in [1.165, 1.54) is 160 Å². The van der Waals surface area contributed by atoms with Crippen LogP contribution in [0.2, 0.25) is 0 Å². The number of rotatable bonds is 19. The Hall–Kier alpha value is -1.17. The molecule has 35 atom stereocenters. The summed E-state index contributed by atoms with van der Waals surface area (Å²) in [5.41, 5.74) is 8.64. The van der Waals surface area contributed by atoms with Gasteiger partial charge in [-0.3, -0.25) is 0 Å². The number of carbonyl (C=O) groups is 1. The highest BCUT2D eigenvalue weighted by molar-refractivity contribution is 9.09. The van der Waals surface area contributed by atoms with E-state index in [1.807, 2.05) is 0 Å². The number of hydrogen-bond acceptors (Lipinski definition) is 8. The maximum Gasteiger partial charge on any atom is 0.123 e. The minimum absolute atomic E-state index is 0.159. The smallest absolute Gasteiger partial charge is 0.123 e. The van der Waals surface area contributed by atoms with Crippen LogP contribution < -0.4 is 0 Å². The maximum atomic E-state index is 11.5. The largest absolute Gasteiger partial charge is 0.393 e. The number of aliphatic hydroxyl groups is 7. The topological polar surface area (TPSA) is 159 Å². The van der Waals surface area contributed by atoms with Crippen LogP contribution in [0.5, 0.6) is 0 Å². The van der Waals surface area contributed by atoms with Crippen molar-refractivity contribution in [2.75, 3.05) is 5.33 Å². The molecule has 0 saturated heterocycles. The van der Waals surface area contributed by atoms with Crippen LogP contribution in [0, 0.1) is 183 Å². The minimum atomic E-state index is -0.460. The summed E-state index contributed by atoms with van der Waals surface area (Å²) in [4.78, 5) is 11.5. The van der Waals surface area contributed by atoms with Gasteiger partial charge >= 0.3 is 0 Å². The molecule has 129 heavy (non-hydrogen) atoms. The summed E-state index contributed by atoms with van der Waals surface area (Å²) in [6.07, 6.45) is 60.1. The van der Waals surface area contributed by atoms with Crippen LogP contribution in [-0.2, 0) is 4.79 Å². The Bertz CT molecular complexity index is 3570. The van der Waals surface area contributed by atoms with Gasteiger partial charge in [0.15, 0.2) is 0 Å². The first-order valence-electron chi connectivity index (χ1n) is 55.6. The van der Waals surface area contributed by atoms with Crippen molar-refractivity contribution in [3.63, 3.8) is 0 Å². The second-order valence-corrected chi connectivity index (χ2v) is 57.3. The summed E-state index contributed by atoms with van der Waals surface area (Å²) in [6.45, 7) is 65.5. The third-order valence-corrected chi connectivity index (χ3v) is 45.3. The maximum absolute atomic E-state index is 11.5. The van der Waals surface area contributed by atoms with Crippen molar-refractivity contribution in [2.24, 2.45) is 183 Å². The van der Waals surface area contributed by atoms with Crippen LogP contribution in [0.3, 0.4) is 0 Å². The average molecular weight is 1860 g/mol. The number of fused-ring (bicyclic) bond motifs is 20. The normalized spacial score (nSPS) is 45.3. The van der Waals surface area contributed by atoms with Crippen molar-refractivity contribution < 1.29 is 40.5 Å². The van der Waals surface area contributed by atoms with E-state index in [2.05, 4.69) is 234 Å². The molecule has 7 N–H and O–H groups in total. The van der Waals surface area contributed by atoms with Crippen molar-refractivity contribution >= 4 is 22.2 Å². The zero-order valence-corrected chi connectivity index (χ0v) is 90.8. The molecule has 0 amide bonds. The van der Waals surface area contributed by atoms with E-state index in [-0.39, 0.29) is 24.2 Å². The first-order chi connectivity index (χ1) is 59.8. The van der Waals surface area contributed by atoms with Gasteiger partial charge in [-0.1, -0.05) is 256 Å². The Morgan fingerprint density at radius 2 is 0.543 bits per heavy atom. The molecule has 12 fully saturated rings. The molecule has 16 aliphatic carbocycles. The van der Waals surface area contributed by atoms with Crippen LogP contribution in [0.4, 0.5) is 0 Å². The second-order valence-electron chi connectivity index (χ2n) is 56.5. The number of halogens is 1. The number of alkyl halides is 1. The van der Waals surface area contributed by atoms with Gasteiger partial charge in [-0.25, -0.2) is 0 Å². The summed E-state index contributed by atoms with van der Waals surface area (Å²) in [7, 11) is 0. The van der Waals surface area contributed by atoms with E-state index in [9.17, 15) is 40.5 Å². The lowest BCUT2D eigenvalue weighted by atomic mass is 9.46. The molecule has 0 spiro atoms. The Morgan fingerprint density at radius 1 is 0.326 bits per heavy atom. The first-order valence-corrected chi connectivity index (χ1v) is 56.7. The van der Waals surface area contributed by atoms with Crippen molar-refractivity contribution in [3.05, 3.63) is 46.6 Å². The van der Waals surface area contributed by atoms with Crippen LogP contribution in [0.15, 0.2) is 46.6 Å². The van der Waals surface area contributed by atoms with E-state index in [4.69, 9.17) is 0 Å². The molecule has 0 aromatic heterocycles.